The summed E-state index contributed by atoms with van der Waals surface area (Å²) in [7, 11) is 0. The van der Waals surface area contributed by atoms with Gasteiger partial charge >= 0.3 is 0 Å². The van der Waals surface area contributed by atoms with E-state index in [1.807, 2.05) is 0 Å². The van der Waals surface area contributed by atoms with E-state index >= 15 is 0 Å². The predicted octanol–water partition coefficient (Wildman–Crippen LogP) is 1.61. The molecule has 0 aliphatic carbocycles. The number of nitrogens with one attached hydrogen (secondary N) is 1. The van der Waals surface area contributed by atoms with Crippen molar-refractivity contribution in [3.63, 3.8) is 0 Å². The Morgan fingerprint density at radius 3 is 3.27 bits per heavy atom. The van der Waals surface area contributed by atoms with Crippen LogP contribution in [0.1, 0.15) is 12.8 Å². The third-order valence-corrected chi connectivity index (χ3v) is 1.70. The summed E-state index contributed by atoms with van der Waals surface area (Å²) in [6, 6.07) is 0. The van der Waals surface area contributed by atoms with Gasteiger partial charge in [0.2, 0.25) is 0 Å². The minimum atomic E-state index is 0.587. The third-order valence-electron chi connectivity index (χ3n) is 1.70. The van der Waals surface area contributed by atoms with Gasteiger partial charge in [0.1, 0.15) is 0 Å². The van der Waals surface area contributed by atoms with Crippen molar-refractivity contribution in [2.75, 3.05) is 19.6 Å². The fourth-order valence-electron chi connectivity index (χ4n) is 1.13. The summed E-state index contributed by atoms with van der Waals surface area (Å²) < 4.78 is 0. The van der Waals surface area contributed by atoms with Crippen molar-refractivity contribution in [3.05, 3.63) is 22.1 Å². The lowest BCUT2D eigenvalue weighted by Crippen LogP contribution is -2.22. The van der Waals surface area contributed by atoms with Gasteiger partial charge in [-0.25, -0.2) is 0 Å². The Bertz CT molecular complexity index is 191. The van der Waals surface area contributed by atoms with Crippen LogP contribution >= 0.6 is 0 Å². The maximum atomic E-state index is 8.02. The van der Waals surface area contributed by atoms with E-state index in [-0.39, 0.29) is 0 Å². The van der Waals surface area contributed by atoms with Crippen molar-refractivity contribution in [2.24, 2.45) is 5.11 Å². The van der Waals surface area contributed by atoms with Crippen LogP contribution < -0.4 is 5.32 Å². The van der Waals surface area contributed by atoms with Crippen LogP contribution in [-0.4, -0.2) is 19.6 Å². The van der Waals surface area contributed by atoms with Gasteiger partial charge < -0.3 is 5.32 Å². The molecule has 0 spiro atoms. The minimum absolute atomic E-state index is 0.587. The number of hydrogen-bond donors (Lipinski definition) is 1. The number of azide groups is 1. The maximum absolute atomic E-state index is 8.02. The first-order chi connectivity index (χ1) is 5.43. The summed E-state index contributed by atoms with van der Waals surface area (Å²) >= 11 is 0. The van der Waals surface area contributed by atoms with Gasteiger partial charge in [-0.3, -0.25) is 0 Å². The second-order valence-electron chi connectivity index (χ2n) is 2.53. The van der Waals surface area contributed by atoms with Gasteiger partial charge in [0.15, 0.2) is 0 Å². The molecule has 0 fully saturated rings. The first-order valence-electron chi connectivity index (χ1n) is 3.83. The molecule has 0 aromatic carbocycles. The molecule has 0 saturated carbocycles. The summed E-state index contributed by atoms with van der Waals surface area (Å²) in [6.45, 7) is 2.62. The second kappa shape index (κ2) is 4.77. The Labute approximate surface area is 65.9 Å². The zero-order chi connectivity index (χ0) is 7.94. The average molecular weight is 152 g/mol. The second-order valence-corrected chi connectivity index (χ2v) is 2.53. The fourth-order valence-corrected chi connectivity index (χ4v) is 1.13. The summed E-state index contributed by atoms with van der Waals surface area (Å²) in [5.74, 6) is 0. The standard InChI is InChI=1S/C7H12N4/c8-11-10-5-3-7-2-1-4-9-6-7/h2,9H,1,3-6H2. The van der Waals surface area contributed by atoms with Gasteiger partial charge in [-0.1, -0.05) is 16.8 Å². The van der Waals surface area contributed by atoms with Crippen LogP contribution in [0.25, 0.3) is 10.4 Å². The van der Waals surface area contributed by atoms with Crippen LogP contribution in [0, 0.1) is 0 Å². The average Bonchev–Trinajstić information content (AvgIpc) is 2.07. The van der Waals surface area contributed by atoms with Gasteiger partial charge in [0.25, 0.3) is 0 Å². The predicted molar refractivity (Wildman–Crippen MR) is 44.2 cm³/mol. The zero-order valence-corrected chi connectivity index (χ0v) is 6.45. The molecule has 0 unspecified atom stereocenters. The Morgan fingerprint density at radius 2 is 2.64 bits per heavy atom. The molecule has 0 aromatic rings. The lowest BCUT2D eigenvalue weighted by Gasteiger charge is -2.12. The van der Waals surface area contributed by atoms with Crippen LogP contribution in [0.15, 0.2) is 16.8 Å². The fraction of sp³-hybridized carbons (Fsp3) is 0.714. The highest BCUT2D eigenvalue weighted by Crippen LogP contribution is 2.05. The van der Waals surface area contributed by atoms with Crippen molar-refractivity contribution in [1.29, 1.82) is 0 Å². The first-order valence-corrected chi connectivity index (χ1v) is 3.83. The van der Waals surface area contributed by atoms with Crippen molar-refractivity contribution < 1.29 is 0 Å². The third kappa shape index (κ3) is 3.07. The summed E-state index contributed by atoms with van der Waals surface area (Å²) in [5.41, 5.74) is 9.38. The van der Waals surface area contributed by atoms with Gasteiger partial charge in [-0.05, 0) is 24.9 Å². The van der Waals surface area contributed by atoms with E-state index in [0.29, 0.717) is 6.54 Å². The summed E-state index contributed by atoms with van der Waals surface area (Å²) in [6.07, 6.45) is 4.23. The molecule has 0 saturated heterocycles. The molecule has 1 aliphatic rings. The van der Waals surface area contributed by atoms with Crippen LogP contribution in [0.5, 0.6) is 0 Å². The molecule has 1 aliphatic heterocycles. The van der Waals surface area contributed by atoms with Crippen LogP contribution in [0.3, 0.4) is 0 Å². The molecule has 1 N–H and O–H groups in total. The van der Waals surface area contributed by atoms with E-state index < -0.39 is 0 Å². The quantitative estimate of drug-likeness (QED) is 0.284. The van der Waals surface area contributed by atoms with Crippen LogP contribution in [0.2, 0.25) is 0 Å². The van der Waals surface area contributed by atoms with E-state index in [1.165, 1.54) is 5.57 Å². The normalized spacial score (nSPS) is 16.9. The van der Waals surface area contributed by atoms with E-state index in [1.54, 1.807) is 0 Å². The smallest absolute Gasteiger partial charge is 0.0295 e. The van der Waals surface area contributed by atoms with E-state index in [2.05, 4.69) is 21.4 Å². The minimum Gasteiger partial charge on any atom is -0.313 e. The van der Waals surface area contributed by atoms with Crippen LogP contribution in [0.4, 0.5) is 0 Å². The van der Waals surface area contributed by atoms with Gasteiger partial charge in [0.05, 0.1) is 0 Å². The molecule has 1 rings (SSSR count). The lowest BCUT2D eigenvalue weighted by atomic mass is 10.1. The molecule has 4 heteroatoms. The van der Waals surface area contributed by atoms with E-state index in [0.717, 1.165) is 25.9 Å². The molecule has 0 atom stereocenters. The molecular formula is C7H12N4. The van der Waals surface area contributed by atoms with Crippen molar-refractivity contribution >= 4 is 0 Å². The van der Waals surface area contributed by atoms with Crippen molar-refractivity contribution in [1.82, 2.24) is 5.32 Å². The number of rotatable bonds is 3. The number of hydrogen-bond acceptors (Lipinski definition) is 2. The SMILES string of the molecule is [N-]=[N+]=NCCC1=CCCNC1. The molecule has 60 valence electrons. The summed E-state index contributed by atoms with van der Waals surface area (Å²) in [5, 5.41) is 6.74. The highest BCUT2D eigenvalue weighted by molar-refractivity contribution is 5.07. The highest BCUT2D eigenvalue weighted by atomic mass is 15.1. The molecule has 11 heavy (non-hydrogen) atoms. The topological polar surface area (TPSA) is 60.8 Å². The molecule has 4 nitrogen and oxygen atoms in total. The largest absolute Gasteiger partial charge is 0.313 e. The Kier molecular flexibility index (Phi) is 3.52. The Morgan fingerprint density at radius 1 is 1.73 bits per heavy atom. The van der Waals surface area contributed by atoms with Crippen LogP contribution in [-0.2, 0) is 0 Å². The van der Waals surface area contributed by atoms with Gasteiger partial charge in [0, 0.05) is 18.0 Å². The maximum Gasteiger partial charge on any atom is 0.0295 e. The van der Waals surface area contributed by atoms with Crippen molar-refractivity contribution in [2.45, 2.75) is 12.8 Å². The van der Waals surface area contributed by atoms with Gasteiger partial charge in [-0.15, -0.1) is 0 Å². The first kappa shape index (κ1) is 8.11. The zero-order valence-electron chi connectivity index (χ0n) is 6.45. The Hall–Kier alpha value is -0.990. The molecule has 1 heterocycles. The Balaban J connectivity index is 2.24. The van der Waals surface area contributed by atoms with Crippen molar-refractivity contribution in [3.8, 4) is 0 Å². The monoisotopic (exact) mass is 152 g/mol. The highest BCUT2D eigenvalue weighted by Gasteiger charge is 2.00. The molecule has 0 aromatic heterocycles. The van der Waals surface area contributed by atoms with E-state index in [4.69, 9.17) is 5.53 Å². The molecule has 0 bridgehead atoms. The molecular weight excluding hydrogens is 140 g/mol. The summed E-state index contributed by atoms with van der Waals surface area (Å²) in [4.78, 5) is 2.70. The molecule has 0 amide bonds. The van der Waals surface area contributed by atoms with E-state index in [9.17, 15) is 0 Å². The lowest BCUT2D eigenvalue weighted by molar-refractivity contribution is 0.679. The number of nitrogens with zero attached hydrogens (tertiary/aromatic N) is 3. The van der Waals surface area contributed by atoms with Gasteiger partial charge in [-0.2, -0.15) is 0 Å². The molecule has 0 radical (unpaired) electrons.